The highest BCUT2D eigenvalue weighted by molar-refractivity contribution is 4.89. The van der Waals surface area contributed by atoms with Crippen LogP contribution in [0.3, 0.4) is 0 Å². The highest BCUT2D eigenvalue weighted by atomic mass is 15.0. The summed E-state index contributed by atoms with van der Waals surface area (Å²) in [6.45, 7) is 11.8. The van der Waals surface area contributed by atoms with Gasteiger partial charge in [-0.15, -0.1) is 0 Å². The molecule has 1 aliphatic carbocycles. The first kappa shape index (κ1) is 14.0. The van der Waals surface area contributed by atoms with Gasteiger partial charge < -0.3 is 5.32 Å². The van der Waals surface area contributed by atoms with Gasteiger partial charge in [0.2, 0.25) is 0 Å². The van der Waals surface area contributed by atoms with Gasteiger partial charge in [0.15, 0.2) is 0 Å². The van der Waals surface area contributed by atoms with E-state index in [1.165, 1.54) is 38.5 Å². The van der Waals surface area contributed by atoms with Gasteiger partial charge in [0.05, 0.1) is 0 Å². The Morgan fingerprint density at radius 3 is 2.38 bits per heavy atom. The summed E-state index contributed by atoms with van der Waals surface area (Å²) in [7, 11) is 0. The molecule has 1 nitrogen and oxygen atoms in total. The minimum absolute atomic E-state index is 0.504. The lowest BCUT2D eigenvalue weighted by atomic mass is 9.73. The first-order valence-corrected chi connectivity index (χ1v) is 7.18. The molecule has 1 N–H and O–H groups in total. The van der Waals surface area contributed by atoms with Gasteiger partial charge in [-0.2, -0.15) is 0 Å². The number of nitrogens with one attached hydrogen (secondary N) is 1. The second kappa shape index (κ2) is 6.05. The van der Waals surface area contributed by atoms with Gasteiger partial charge in [0.25, 0.3) is 0 Å². The van der Waals surface area contributed by atoms with Crippen LogP contribution in [0, 0.1) is 11.3 Å². The molecule has 2 atom stereocenters. The van der Waals surface area contributed by atoms with Crippen LogP contribution in [-0.2, 0) is 0 Å². The third kappa shape index (κ3) is 4.45. The zero-order valence-corrected chi connectivity index (χ0v) is 12.0. The van der Waals surface area contributed by atoms with Gasteiger partial charge in [0, 0.05) is 12.1 Å². The molecule has 2 unspecified atom stereocenters. The standard InChI is InChI=1S/C15H31N/c1-12(2)9-10-13(3)16-14-8-6-7-11-15(14,4)5/h12-14,16H,6-11H2,1-5H3. The van der Waals surface area contributed by atoms with E-state index in [9.17, 15) is 0 Å². The van der Waals surface area contributed by atoms with Crippen LogP contribution in [0.5, 0.6) is 0 Å². The van der Waals surface area contributed by atoms with E-state index in [1.807, 2.05) is 0 Å². The molecule has 0 aromatic rings. The van der Waals surface area contributed by atoms with Gasteiger partial charge in [-0.1, -0.05) is 40.5 Å². The zero-order valence-electron chi connectivity index (χ0n) is 12.0. The van der Waals surface area contributed by atoms with Gasteiger partial charge in [0.1, 0.15) is 0 Å². The summed E-state index contributed by atoms with van der Waals surface area (Å²) in [5.41, 5.74) is 0.504. The summed E-state index contributed by atoms with van der Waals surface area (Å²) in [4.78, 5) is 0. The third-order valence-corrected chi connectivity index (χ3v) is 4.17. The van der Waals surface area contributed by atoms with Crippen molar-refractivity contribution in [2.75, 3.05) is 0 Å². The van der Waals surface area contributed by atoms with Gasteiger partial charge in [-0.3, -0.25) is 0 Å². The fourth-order valence-electron chi connectivity index (χ4n) is 2.81. The molecule has 1 saturated carbocycles. The van der Waals surface area contributed by atoms with E-state index < -0.39 is 0 Å². The summed E-state index contributed by atoms with van der Waals surface area (Å²) >= 11 is 0. The average molecular weight is 225 g/mol. The van der Waals surface area contributed by atoms with Crippen LogP contribution in [0.25, 0.3) is 0 Å². The minimum Gasteiger partial charge on any atom is -0.311 e. The maximum absolute atomic E-state index is 3.86. The lowest BCUT2D eigenvalue weighted by Crippen LogP contribution is -2.47. The van der Waals surface area contributed by atoms with Crippen LogP contribution in [0.15, 0.2) is 0 Å². The minimum atomic E-state index is 0.504. The van der Waals surface area contributed by atoms with Crippen LogP contribution in [0.2, 0.25) is 0 Å². The monoisotopic (exact) mass is 225 g/mol. The Morgan fingerprint density at radius 1 is 1.12 bits per heavy atom. The molecule has 16 heavy (non-hydrogen) atoms. The molecule has 0 aliphatic heterocycles. The normalized spacial score (nSPS) is 27.0. The zero-order chi connectivity index (χ0) is 12.2. The smallest absolute Gasteiger partial charge is 0.0121 e. The maximum Gasteiger partial charge on any atom is 0.0121 e. The van der Waals surface area contributed by atoms with Crippen molar-refractivity contribution in [2.45, 2.75) is 85.2 Å². The summed E-state index contributed by atoms with van der Waals surface area (Å²) in [6.07, 6.45) is 8.27. The predicted octanol–water partition coefficient (Wildman–Crippen LogP) is 4.37. The van der Waals surface area contributed by atoms with Crippen LogP contribution in [0.1, 0.15) is 73.1 Å². The lowest BCUT2D eigenvalue weighted by molar-refractivity contribution is 0.154. The van der Waals surface area contributed by atoms with Gasteiger partial charge >= 0.3 is 0 Å². The molecule has 0 bridgehead atoms. The van der Waals surface area contributed by atoms with Crippen LogP contribution < -0.4 is 5.32 Å². The SMILES string of the molecule is CC(C)CCC(C)NC1CCCCC1(C)C. The van der Waals surface area contributed by atoms with Crippen LogP contribution in [-0.4, -0.2) is 12.1 Å². The molecule has 0 amide bonds. The molecule has 0 spiro atoms. The summed E-state index contributed by atoms with van der Waals surface area (Å²) in [5.74, 6) is 0.837. The first-order valence-electron chi connectivity index (χ1n) is 7.18. The van der Waals surface area contributed by atoms with Gasteiger partial charge in [-0.05, 0) is 43.9 Å². The molecular formula is C15H31N. The Bertz CT molecular complexity index is 196. The fraction of sp³-hybridized carbons (Fsp3) is 1.00. The molecule has 1 aliphatic rings. The quantitative estimate of drug-likeness (QED) is 0.732. The first-order chi connectivity index (χ1) is 7.42. The van der Waals surface area contributed by atoms with E-state index in [0.29, 0.717) is 11.5 Å². The van der Waals surface area contributed by atoms with Crippen molar-refractivity contribution in [1.29, 1.82) is 0 Å². The van der Waals surface area contributed by atoms with E-state index >= 15 is 0 Å². The van der Waals surface area contributed by atoms with Crippen molar-refractivity contribution in [3.05, 3.63) is 0 Å². The van der Waals surface area contributed by atoms with E-state index in [-0.39, 0.29) is 0 Å². The molecule has 0 aromatic heterocycles. The topological polar surface area (TPSA) is 12.0 Å². The highest BCUT2D eigenvalue weighted by Gasteiger charge is 2.32. The Hall–Kier alpha value is -0.0400. The van der Waals surface area contributed by atoms with Crippen molar-refractivity contribution in [1.82, 2.24) is 5.32 Å². The summed E-state index contributed by atoms with van der Waals surface area (Å²) in [6, 6.07) is 1.42. The Balaban J connectivity index is 2.34. The van der Waals surface area contributed by atoms with E-state index in [0.717, 1.165) is 12.0 Å². The Labute approximate surface area is 102 Å². The Kier molecular flexibility index (Phi) is 5.30. The average Bonchev–Trinajstić information content (AvgIpc) is 2.18. The predicted molar refractivity (Wildman–Crippen MR) is 72.7 cm³/mol. The molecule has 96 valence electrons. The Morgan fingerprint density at radius 2 is 1.81 bits per heavy atom. The highest BCUT2D eigenvalue weighted by Crippen LogP contribution is 2.35. The van der Waals surface area contributed by atoms with Crippen LogP contribution in [0.4, 0.5) is 0 Å². The molecule has 0 saturated heterocycles. The molecule has 0 aromatic carbocycles. The van der Waals surface area contributed by atoms with Crippen molar-refractivity contribution < 1.29 is 0 Å². The molecular weight excluding hydrogens is 194 g/mol. The summed E-state index contributed by atoms with van der Waals surface area (Å²) < 4.78 is 0. The van der Waals surface area contributed by atoms with Crippen molar-refractivity contribution >= 4 is 0 Å². The van der Waals surface area contributed by atoms with Crippen LogP contribution >= 0.6 is 0 Å². The second-order valence-electron chi connectivity index (χ2n) is 6.83. The summed E-state index contributed by atoms with van der Waals surface area (Å²) in [5, 5.41) is 3.86. The second-order valence-corrected chi connectivity index (χ2v) is 6.83. The molecule has 1 rings (SSSR count). The van der Waals surface area contributed by atoms with Crippen molar-refractivity contribution in [3.8, 4) is 0 Å². The van der Waals surface area contributed by atoms with E-state index in [1.54, 1.807) is 0 Å². The van der Waals surface area contributed by atoms with Crippen molar-refractivity contribution in [3.63, 3.8) is 0 Å². The maximum atomic E-state index is 3.86. The molecule has 0 radical (unpaired) electrons. The number of hydrogen-bond donors (Lipinski definition) is 1. The third-order valence-electron chi connectivity index (χ3n) is 4.17. The van der Waals surface area contributed by atoms with Gasteiger partial charge in [-0.25, -0.2) is 0 Å². The lowest BCUT2D eigenvalue weighted by Gasteiger charge is -2.41. The van der Waals surface area contributed by atoms with E-state index in [2.05, 4.69) is 39.9 Å². The van der Waals surface area contributed by atoms with E-state index in [4.69, 9.17) is 0 Å². The number of rotatable bonds is 5. The largest absolute Gasteiger partial charge is 0.311 e. The molecule has 1 heteroatoms. The molecule has 0 heterocycles. The number of hydrogen-bond acceptors (Lipinski definition) is 1. The molecule has 1 fully saturated rings. The fourth-order valence-corrected chi connectivity index (χ4v) is 2.81. The van der Waals surface area contributed by atoms with Crippen molar-refractivity contribution in [2.24, 2.45) is 11.3 Å².